The van der Waals surface area contributed by atoms with Crippen molar-refractivity contribution in [2.75, 3.05) is 20.3 Å². The first-order chi connectivity index (χ1) is 18.3. The number of benzene rings is 3. The zero-order valence-electron chi connectivity index (χ0n) is 22.6. The van der Waals surface area contributed by atoms with Crippen LogP contribution in [-0.4, -0.2) is 48.3 Å². The van der Waals surface area contributed by atoms with E-state index in [4.69, 9.17) is 14.2 Å². The lowest BCUT2D eigenvalue weighted by molar-refractivity contribution is -0.150. The number of amides is 1. The van der Waals surface area contributed by atoms with E-state index in [9.17, 15) is 14.7 Å². The Bertz CT molecular complexity index is 1170. The van der Waals surface area contributed by atoms with Crippen LogP contribution in [0.2, 0.25) is 0 Å². The van der Waals surface area contributed by atoms with E-state index in [-0.39, 0.29) is 18.9 Å². The number of carboxylic acid groups (broad SMARTS) is 1. The quantitative estimate of drug-likeness (QED) is 0.305. The first-order valence-electron chi connectivity index (χ1n) is 12.8. The Hall–Kier alpha value is -3.84. The Balaban J connectivity index is 1.69. The summed E-state index contributed by atoms with van der Waals surface area (Å²) in [5, 5.41) is 9.30. The van der Waals surface area contributed by atoms with Crippen molar-refractivity contribution in [2.45, 2.75) is 52.3 Å². The van der Waals surface area contributed by atoms with Gasteiger partial charge in [0.05, 0.1) is 7.11 Å². The first-order valence-corrected chi connectivity index (χ1v) is 12.8. The van der Waals surface area contributed by atoms with Crippen molar-refractivity contribution in [3.8, 4) is 11.5 Å². The monoisotopic (exact) mass is 519 g/mol. The number of nitrogens with zero attached hydrogens (tertiary/aromatic N) is 1. The minimum atomic E-state index is -0.994. The maximum absolute atomic E-state index is 13.3. The molecule has 7 nitrogen and oxygen atoms in total. The molecule has 1 N–H and O–H groups in total. The highest BCUT2D eigenvalue weighted by Gasteiger charge is 2.19. The van der Waals surface area contributed by atoms with Crippen molar-refractivity contribution < 1.29 is 28.9 Å². The molecule has 0 aliphatic rings. The largest absolute Gasteiger partial charge is 0.496 e. The molecule has 1 amide bonds. The van der Waals surface area contributed by atoms with Crippen LogP contribution in [0.3, 0.4) is 0 Å². The van der Waals surface area contributed by atoms with Crippen molar-refractivity contribution in [1.82, 2.24) is 4.90 Å². The second-order valence-electron chi connectivity index (χ2n) is 9.38. The Morgan fingerprint density at radius 3 is 2.16 bits per heavy atom. The van der Waals surface area contributed by atoms with Crippen LogP contribution in [-0.2, 0) is 33.8 Å². The van der Waals surface area contributed by atoms with Crippen LogP contribution in [0.5, 0.6) is 11.5 Å². The van der Waals surface area contributed by atoms with Crippen LogP contribution < -0.4 is 9.47 Å². The third-order valence-corrected chi connectivity index (χ3v) is 6.28. The Kier molecular flexibility index (Phi) is 10.7. The third kappa shape index (κ3) is 8.35. The van der Waals surface area contributed by atoms with Gasteiger partial charge in [0.15, 0.2) is 12.7 Å². The average molecular weight is 520 g/mol. The molecule has 3 rings (SSSR count). The molecule has 0 saturated heterocycles. The van der Waals surface area contributed by atoms with Crippen LogP contribution in [0, 0.1) is 0 Å². The summed E-state index contributed by atoms with van der Waals surface area (Å²) in [5.74, 6) is 0.541. The van der Waals surface area contributed by atoms with Gasteiger partial charge in [0, 0.05) is 31.7 Å². The van der Waals surface area contributed by atoms with E-state index in [1.807, 2.05) is 24.3 Å². The lowest BCUT2D eigenvalue weighted by Gasteiger charge is -2.24. The molecule has 3 aromatic rings. The van der Waals surface area contributed by atoms with Gasteiger partial charge in [0.2, 0.25) is 0 Å². The van der Waals surface area contributed by atoms with E-state index >= 15 is 0 Å². The van der Waals surface area contributed by atoms with Crippen LogP contribution >= 0.6 is 0 Å². The van der Waals surface area contributed by atoms with Gasteiger partial charge in [-0.3, -0.25) is 4.79 Å². The maximum atomic E-state index is 13.3. The molecule has 0 fully saturated rings. The number of aliphatic carboxylic acids is 1. The Morgan fingerprint density at radius 1 is 0.895 bits per heavy atom. The van der Waals surface area contributed by atoms with Crippen LogP contribution in [0.25, 0.3) is 0 Å². The Morgan fingerprint density at radius 2 is 1.55 bits per heavy atom. The van der Waals surface area contributed by atoms with Crippen molar-refractivity contribution in [1.29, 1.82) is 0 Å². The van der Waals surface area contributed by atoms with Gasteiger partial charge in [-0.25, -0.2) is 4.79 Å². The summed E-state index contributed by atoms with van der Waals surface area (Å²) in [7, 11) is 1.62. The van der Waals surface area contributed by atoms with E-state index in [2.05, 4.69) is 38.1 Å². The molecule has 0 radical (unpaired) electrons. The molecule has 0 aromatic heterocycles. The second-order valence-corrected chi connectivity index (χ2v) is 9.38. The van der Waals surface area contributed by atoms with Gasteiger partial charge in [-0.1, -0.05) is 68.4 Å². The highest BCUT2D eigenvalue weighted by atomic mass is 16.5. The van der Waals surface area contributed by atoms with E-state index in [1.54, 1.807) is 43.2 Å². The molecule has 1 atom stereocenters. The fourth-order valence-electron chi connectivity index (χ4n) is 4.09. The lowest BCUT2D eigenvalue weighted by Crippen LogP contribution is -2.34. The summed E-state index contributed by atoms with van der Waals surface area (Å²) in [6.07, 6.45) is -0.642. The molecule has 0 bridgehead atoms. The molecule has 0 spiro atoms. The molecule has 0 heterocycles. The van der Waals surface area contributed by atoms with Crippen molar-refractivity contribution in [3.05, 3.63) is 95.1 Å². The van der Waals surface area contributed by atoms with Crippen LogP contribution in [0.1, 0.15) is 48.9 Å². The number of methoxy groups -OCH3 is 1. The molecule has 0 saturated carbocycles. The van der Waals surface area contributed by atoms with Gasteiger partial charge in [-0.05, 0) is 47.7 Å². The smallest absolute Gasteiger partial charge is 0.333 e. The van der Waals surface area contributed by atoms with Crippen molar-refractivity contribution >= 4 is 11.9 Å². The fraction of sp³-hybridized carbons (Fsp3) is 0.355. The predicted octanol–water partition coefficient (Wildman–Crippen LogP) is 5.46. The summed E-state index contributed by atoms with van der Waals surface area (Å²) in [6.45, 7) is 7.08. The number of hydrogen-bond acceptors (Lipinski definition) is 5. The van der Waals surface area contributed by atoms with Gasteiger partial charge in [-0.2, -0.15) is 0 Å². The molecule has 38 heavy (non-hydrogen) atoms. The van der Waals surface area contributed by atoms with Crippen molar-refractivity contribution in [3.63, 3.8) is 0 Å². The molecule has 7 heteroatoms. The van der Waals surface area contributed by atoms with E-state index in [1.165, 1.54) is 5.56 Å². The number of carbonyl (C=O) groups is 2. The SMILES string of the molecule is CCO[C@@H](Cc1ccc(OCC(=O)N(Cc2ccc(C(C)C)cc2)Cc2ccccc2OC)cc1)C(=O)O. The van der Waals surface area contributed by atoms with Gasteiger partial charge < -0.3 is 24.2 Å². The standard InChI is InChI=1S/C31H37NO6/c1-5-37-29(31(34)35)18-23-12-16-27(17-13-23)38-21-30(33)32(20-26-8-6-7-9-28(26)36-4)19-24-10-14-25(15-11-24)22(2)3/h6-17,22,29H,5,18-21H2,1-4H3,(H,34,35)/t29-/m0/s1. The highest BCUT2D eigenvalue weighted by molar-refractivity contribution is 5.78. The molecule has 202 valence electrons. The summed E-state index contributed by atoms with van der Waals surface area (Å²) in [4.78, 5) is 26.4. The number of carboxylic acids is 1. The van der Waals surface area contributed by atoms with Crippen LogP contribution in [0.15, 0.2) is 72.8 Å². The minimum Gasteiger partial charge on any atom is -0.496 e. The summed E-state index contributed by atoms with van der Waals surface area (Å²) < 4.78 is 16.6. The third-order valence-electron chi connectivity index (χ3n) is 6.28. The summed E-state index contributed by atoms with van der Waals surface area (Å²) in [6, 6.07) is 23.0. The number of ether oxygens (including phenoxy) is 3. The maximum Gasteiger partial charge on any atom is 0.333 e. The first kappa shape index (κ1) is 28.7. The van der Waals surface area contributed by atoms with E-state index < -0.39 is 12.1 Å². The average Bonchev–Trinajstić information content (AvgIpc) is 2.92. The topological polar surface area (TPSA) is 85.3 Å². The van der Waals surface area contributed by atoms with Gasteiger partial charge in [0.1, 0.15) is 11.5 Å². The molecule has 0 aliphatic carbocycles. The van der Waals surface area contributed by atoms with E-state index in [0.29, 0.717) is 31.4 Å². The fourth-order valence-corrected chi connectivity index (χ4v) is 4.09. The van der Waals surface area contributed by atoms with Crippen molar-refractivity contribution in [2.24, 2.45) is 0 Å². The molecular formula is C31H37NO6. The molecular weight excluding hydrogens is 482 g/mol. The normalized spacial score (nSPS) is 11.7. The van der Waals surface area contributed by atoms with Gasteiger partial charge in [0.25, 0.3) is 5.91 Å². The molecule has 0 unspecified atom stereocenters. The predicted molar refractivity (Wildman–Crippen MR) is 146 cm³/mol. The number of rotatable bonds is 14. The van der Waals surface area contributed by atoms with E-state index in [0.717, 1.165) is 22.4 Å². The zero-order valence-corrected chi connectivity index (χ0v) is 22.6. The van der Waals surface area contributed by atoms with Gasteiger partial charge in [-0.15, -0.1) is 0 Å². The number of carbonyl (C=O) groups excluding carboxylic acids is 1. The molecule has 0 aliphatic heterocycles. The second kappa shape index (κ2) is 14.2. The zero-order chi connectivity index (χ0) is 27.5. The molecule has 3 aromatic carbocycles. The van der Waals surface area contributed by atoms with Crippen LogP contribution in [0.4, 0.5) is 0 Å². The Labute approximate surface area is 225 Å². The number of para-hydroxylation sites is 1. The lowest BCUT2D eigenvalue weighted by atomic mass is 10.0. The van der Waals surface area contributed by atoms with Gasteiger partial charge >= 0.3 is 5.97 Å². The summed E-state index contributed by atoms with van der Waals surface area (Å²) >= 11 is 0. The number of hydrogen-bond donors (Lipinski definition) is 1. The minimum absolute atomic E-state index is 0.130. The highest BCUT2D eigenvalue weighted by Crippen LogP contribution is 2.22. The summed E-state index contributed by atoms with van der Waals surface area (Å²) in [5.41, 5.74) is 4.00.